The molecule has 5 nitrogen and oxygen atoms in total. The molecule has 0 radical (unpaired) electrons. The molecule has 0 amide bonds. The third-order valence-corrected chi connectivity index (χ3v) is 8.54. The fourth-order valence-corrected chi connectivity index (χ4v) is 6.40. The Morgan fingerprint density at radius 1 is 1.21 bits per heavy atom. The molecular weight excluding hydrogens is 386 g/mol. The molecule has 0 aromatic heterocycles. The van der Waals surface area contributed by atoms with Gasteiger partial charge in [0.1, 0.15) is 0 Å². The van der Waals surface area contributed by atoms with Gasteiger partial charge in [0.25, 0.3) is 0 Å². The van der Waals surface area contributed by atoms with Gasteiger partial charge >= 0.3 is 5.97 Å². The minimum atomic E-state index is -3.56. The quantitative estimate of drug-likeness (QED) is 0.455. The van der Waals surface area contributed by atoms with E-state index in [9.17, 15) is 13.2 Å². The van der Waals surface area contributed by atoms with Crippen molar-refractivity contribution in [1.29, 1.82) is 0 Å². The number of carboxylic acid groups (broad SMARTS) is 1. The van der Waals surface area contributed by atoms with E-state index in [4.69, 9.17) is 5.11 Å². The van der Waals surface area contributed by atoms with Crippen molar-refractivity contribution in [1.82, 2.24) is 4.72 Å². The number of allylic oxidation sites excluding steroid dienone is 2. The van der Waals surface area contributed by atoms with Gasteiger partial charge in [-0.3, -0.25) is 4.79 Å². The molecule has 29 heavy (non-hydrogen) atoms. The Morgan fingerprint density at radius 3 is 2.52 bits per heavy atom. The van der Waals surface area contributed by atoms with Gasteiger partial charge < -0.3 is 5.11 Å². The van der Waals surface area contributed by atoms with Crippen LogP contribution in [0.4, 0.5) is 0 Å². The number of nitrogens with one attached hydrogen (secondary N) is 1. The van der Waals surface area contributed by atoms with Crippen molar-refractivity contribution in [3.8, 4) is 0 Å². The van der Waals surface area contributed by atoms with Crippen molar-refractivity contribution in [2.75, 3.05) is 0 Å². The van der Waals surface area contributed by atoms with E-state index in [-0.39, 0.29) is 23.8 Å². The molecule has 4 atom stereocenters. The van der Waals surface area contributed by atoms with E-state index in [1.165, 1.54) is 0 Å². The summed E-state index contributed by atoms with van der Waals surface area (Å²) in [6, 6.07) is 6.94. The topological polar surface area (TPSA) is 83.5 Å². The second-order valence-corrected chi connectivity index (χ2v) is 11.0. The van der Waals surface area contributed by atoms with Gasteiger partial charge in [0.15, 0.2) is 0 Å². The van der Waals surface area contributed by atoms with Gasteiger partial charge in [0.05, 0.1) is 4.90 Å². The molecular formula is C23H33NO4S. The lowest BCUT2D eigenvalue weighted by molar-refractivity contribution is -0.137. The second-order valence-electron chi connectivity index (χ2n) is 9.31. The number of fused-ring (bicyclic) bond motifs is 2. The number of benzene rings is 1. The van der Waals surface area contributed by atoms with Crippen molar-refractivity contribution in [3.63, 3.8) is 0 Å². The third-order valence-electron chi connectivity index (χ3n) is 7.06. The van der Waals surface area contributed by atoms with Crippen LogP contribution in [0.2, 0.25) is 0 Å². The van der Waals surface area contributed by atoms with E-state index in [2.05, 4.69) is 24.6 Å². The smallest absolute Gasteiger partial charge is 0.303 e. The summed E-state index contributed by atoms with van der Waals surface area (Å²) in [5.74, 6) is 0.520. The molecule has 1 aromatic rings. The minimum Gasteiger partial charge on any atom is -0.481 e. The van der Waals surface area contributed by atoms with Gasteiger partial charge in [-0.1, -0.05) is 43.7 Å². The molecule has 0 heterocycles. The first-order valence-electron chi connectivity index (χ1n) is 10.6. The highest BCUT2D eigenvalue weighted by atomic mass is 32.2. The first kappa shape index (κ1) is 22.0. The van der Waals surface area contributed by atoms with Crippen LogP contribution in [0.1, 0.15) is 57.9 Å². The van der Waals surface area contributed by atoms with Crippen LogP contribution in [0.15, 0.2) is 41.3 Å². The molecule has 6 heteroatoms. The zero-order valence-electron chi connectivity index (χ0n) is 17.6. The Morgan fingerprint density at radius 2 is 1.90 bits per heavy atom. The first-order chi connectivity index (χ1) is 13.6. The molecule has 3 aliphatic carbocycles. The molecule has 3 fully saturated rings. The predicted octanol–water partition coefficient (Wildman–Crippen LogP) is 4.53. The van der Waals surface area contributed by atoms with E-state index >= 15 is 0 Å². The van der Waals surface area contributed by atoms with Crippen molar-refractivity contribution in [2.24, 2.45) is 23.2 Å². The zero-order valence-corrected chi connectivity index (χ0v) is 18.4. The summed E-state index contributed by atoms with van der Waals surface area (Å²) in [5, 5.41) is 8.72. The summed E-state index contributed by atoms with van der Waals surface area (Å²) < 4.78 is 29.1. The molecule has 3 aliphatic rings. The summed E-state index contributed by atoms with van der Waals surface area (Å²) in [7, 11) is -3.56. The van der Waals surface area contributed by atoms with Gasteiger partial charge in [0.2, 0.25) is 10.0 Å². The fraction of sp³-hybridized carbons (Fsp3) is 0.609. The minimum absolute atomic E-state index is 0.0648. The van der Waals surface area contributed by atoms with Gasteiger partial charge in [-0.25, -0.2) is 13.1 Å². The standard InChI is InChI=1S/C23H33NO4S/c1-16-10-12-19(13-11-16)29(27,28)24-22-17(8-6-4-5-7-9-21(25)26)14-18-15-20(22)23(18,2)3/h4,6,10-13,17-18,20,22,24H,5,7-9,14-15H2,1-3H3,(H,25,26)/b6-4-. The Labute approximate surface area is 174 Å². The van der Waals surface area contributed by atoms with Gasteiger partial charge in [-0.2, -0.15) is 0 Å². The zero-order chi connectivity index (χ0) is 21.2. The molecule has 2 N–H and O–H groups in total. The molecule has 0 saturated heterocycles. The van der Waals surface area contributed by atoms with Crippen LogP contribution in [0, 0.1) is 30.1 Å². The third kappa shape index (κ3) is 4.92. The Hall–Kier alpha value is -1.66. The maximum absolute atomic E-state index is 13.0. The van der Waals surface area contributed by atoms with Crippen LogP contribution in [-0.2, 0) is 14.8 Å². The van der Waals surface area contributed by atoms with Gasteiger partial charge in [-0.05, 0) is 74.3 Å². The van der Waals surface area contributed by atoms with E-state index < -0.39 is 16.0 Å². The molecule has 0 aliphatic heterocycles. The van der Waals surface area contributed by atoms with Crippen LogP contribution in [-0.4, -0.2) is 25.5 Å². The van der Waals surface area contributed by atoms with Crippen molar-refractivity contribution in [2.45, 2.75) is 70.2 Å². The largest absolute Gasteiger partial charge is 0.481 e. The number of carboxylic acids is 1. The number of sulfonamides is 1. The summed E-state index contributed by atoms with van der Waals surface area (Å²) in [6.07, 6.45) is 8.67. The van der Waals surface area contributed by atoms with Crippen LogP contribution in [0.5, 0.6) is 0 Å². The lowest BCUT2D eigenvalue weighted by Gasteiger charge is -2.62. The number of hydrogen-bond donors (Lipinski definition) is 2. The van der Waals surface area contributed by atoms with Crippen LogP contribution < -0.4 is 4.72 Å². The normalized spacial score (nSPS) is 28.2. The number of hydrogen-bond acceptors (Lipinski definition) is 3. The fourth-order valence-electron chi connectivity index (χ4n) is 5.05. The van der Waals surface area contributed by atoms with Crippen molar-refractivity contribution in [3.05, 3.63) is 42.0 Å². The first-order valence-corrected chi connectivity index (χ1v) is 12.1. The lowest BCUT2D eigenvalue weighted by Crippen LogP contribution is -2.63. The summed E-state index contributed by atoms with van der Waals surface area (Å²) >= 11 is 0. The SMILES string of the molecule is Cc1ccc(S(=O)(=O)NC2C(C/C=C\CCCC(=O)O)CC3CC2C3(C)C)cc1. The number of rotatable bonds is 9. The number of aliphatic carboxylic acids is 1. The summed E-state index contributed by atoms with van der Waals surface area (Å²) in [5.41, 5.74) is 1.21. The Balaban J connectivity index is 1.69. The average molecular weight is 420 g/mol. The molecule has 2 bridgehead atoms. The summed E-state index contributed by atoms with van der Waals surface area (Å²) in [4.78, 5) is 10.9. The van der Waals surface area contributed by atoms with Crippen molar-refractivity contribution >= 4 is 16.0 Å². The van der Waals surface area contributed by atoms with E-state index in [0.29, 0.717) is 23.2 Å². The lowest BCUT2D eigenvalue weighted by atomic mass is 9.45. The highest BCUT2D eigenvalue weighted by Gasteiger charge is 2.58. The molecule has 1 aromatic carbocycles. The average Bonchev–Trinajstić information content (AvgIpc) is 2.65. The maximum atomic E-state index is 13.0. The molecule has 4 unspecified atom stereocenters. The van der Waals surface area contributed by atoms with E-state index in [0.717, 1.165) is 31.2 Å². The van der Waals surface area contributed by atoms with Crippen LogP contribution in [0.3, 0.4) is 0 Å². The van der Waals surface area contributed by atoms with Gasteiger partial charge in [-0.15, -0.1) is 0 Å². The van der Waals surface area contributed by atoms with E-state index in [1.54, 1.807) is 12.1 Å². The number of unbranched alkanes of at least 4 members (excludes halogenated alkanes) is 1. The monoisotopic (exact) mass is 419 g/mol. The molecule has 0 spiro atoms. The maximum Gasteiger partial charge on any atom is 0.303 e. The Kier molecular flexibility index (Phi) is 6.54. The molecule has 160 valence electrons. The summed E-state index contributed by atoms with van der Waals surface area (Å²) in [6.45, 7) is 6.47. The Bertz CT molecular complexity index is 857. The highest BCUT2D eigenvalue weighted by molar-refractivity contribution is 7.89. The second kappa shape index (κ2) is 8.60. The predicted molar refractivity (Wildman–Crippen MR) is 114 cm³/mol. The van der Waals surface area contributed by atoms with Gasteiger partial charge in [0, 0.05) is 12.5 Å². The molecule has 3 saturated carbocycles. The number of carbonyl (C=O) groups is 1. The van der Waals surface area contributed by atoms with E-state index in [1.807, 2.05) is 25.1 Å². The van der Waals surface area contributed by atoms with Crippen molar-refractivity contribution < 1.29 is 18.3 Å². The highest BCUT2D eigenvalue weighted by Crippen LogP contribution is 2.61. The molecule has 4 rings (SSSR count). The number of aryl methyl sites for hydroxylation is 1. The van der Waals surface area contributed by atoms with Crippen LogP contribution >= 0.6 is 0 Å². The van der Waals surface area contributed by atoms with Crippen LogP contribution in [0.25, 0.3) is 0 Å².